The number of pyridine rings is 1. The Bertz CT molecular complexity index is 1290. The van der Waals surface area contributed by atoms with Gasteiger partial charge in [0.15, 0.2) is 5.65 Å². The monoisotopic (exact) mass is 432 g/mol. The van der Waals surface area contributed by atoms with E-state index in [0.717, 1.165) is 30.8 Å². The number of aromatic nitrogens is 4. The Morgan fingerprint density at radius 2 is 2.16 bits per heavy atom. The lowest BCUT2D eigenvalue weighted by Crippen LogP contribution is -2.24. The molecule has 32 heavy (non-hydrogen) atoms. The van der Waals surface area contributed by atoms with Crippen LogP contribution >= 0.6 is 0 Å². The maximum atomic E-state index is 13.8. The van der Waals surface area contributed by atoms with Crippen molar-refractivity contribution in [3.8, 4) is 5.88 Å². The van der Waals surface area contributed by atoms with Gasteiger partial charge in [-0.3, -0.25) is 4.79 Å². The fourth-order valence-electron chi connectivity index (χ4n) is 4.12. The molecule has 1 fully saturated rings. The van der Waals surface area contributed by atoms with Gasteiger partial charge in [-0.25, -0.2) is 18.9 Å². The minimum absolute atomic E-state index is 0.0428. The van der Waals surface area contributed by atoms with Crippen LogP contribution in [0, 0.1) is 5.82 Å². The van der Waals surface area contributed by atoms with Crippen LogP contribution in [0.2, 0.25) is 0 Å². The Kier molecular flexibility index (Phi) is 5.14. The Hall–Kier alpha value is -4.01. The molecule has 0 bridgehead atoms. The third-order valence-corrected chi connectivity index (χ3v) is 5.59. The second kappa shape index (κ2) is 8.26. The molecule has 0 unspecified atom stereocenters. The van der Waals surface area contributed by atoms with Crippen molar-refractivity contribution in [1.82, 2.24) is 19.6 Å². The number of rotatable bonds is 5. The van der Waals surface area contributed by atoms with Crippen molar-refractivity contribution in [3.05, 3.63) is 78.0 Å². The molecular formula is C23H21FN6O2. The average Bonchev–Trinajstić information content (AvgIpc) is 3.46. The number of nitrogens with one attached hydrogen (secondary N) is 1. The number of halogens is 1. The number of anilines is 2. The van der Waals surface area contributed by atoms with E-state index >= 15 is 0 Å². The summed E-state index contributed by atoms with van der Waals surface area (Å²) in [4.78, 5) is 23.8. The van der Waals surface area contributed by atoms with E-state index in [-0.39, 0.29) is 23.6 Å². The first-order valence-corrected chi connectivity index (χ1v) is 10.3. The quantitative estimate of drug-likeness (QED) is 0.516. The molecule has 1 saturated heterocycles. The first kappa shape index (κ1) is 19.9. The van der Waals surface area contributed by atoms with Gasteiger partial charge < -0.3 is 15.0 Å². The molecule has 0 saturated carbocycles. The lowest BCUT2D eigenvalue weighted by molar-refractivity contribution is 0.102. The van der Waals surface area contributed by atoms with Crippen LogP contribution in [-0.4, -0.2) is 39.1 Å². The average molecular weight is 432 g/mol. The molecular weight excluding hydrogens is 411 g/mol. The second-order valence-corrected chi connectivity index (χ2v) is 7.53. The SMILES string of the molecule is COc1ncccc1C(=O)Nc1cnn2ccc(N3CCC[C@@H]3c3cccc(F)c3)nc12. The summed E-state index contributed by atoms with van der Waals surface area (Å²) in [6.45, 7) is 0.813. The summed E-state index contributed by atoms with van der Waals surface area (Å²) < 4.78 is 20.6. The molecule has 0 spiro atoms. The zero-order chi connectivity index (χ0) is 22.1. The number of ether oxygens (including phenoxy) is 1. The fraction of sp³-hybridized carbons (Fsp3) is 0.217. The van der Waals surface area contributed by atoms with Gasteiger partial charge in [0, 0.05) is 18.9 Å². The number of hydrogen-bond acceptors (Lipinski definition) is 6. The number of hydrogen-bond donors (Lipinski definition) is 1. The van der Waals surface area contributed by atoms with Gasteiger partial charge in [-0.2, -0.15) is 5.10 Å². The highest BCUT2D eigenvalue weighted by atomic mass is 19.1. The summed E-state index contributed by atoms with van der Waals surface area (Å²) in [7, 11) is 1.47. The second-order valence-electron chi connectivity index (χ2n) is 7.53. The van der Waals surface area contributed by atoms with E-state index in [9.17, 15) is 9.18 Å². The van der Waals surface area contributed by atoms with Gasteiger partial charge in [0.1, 0.15) is 22.9 Å². The van der Waals surface area contributed by atoms with Crippen LogP contribution < -0.4 is 15.0 Å². The third kappa shape index (κ3) is 3.62. The molecule has 8 nitrogen and oxygen atoms in total. The van der Waals surface area contributed by atoms with Crippen molar-refractivity contribution in [2.75, 3.05) is 23.9 Å². The van der Waals surface area contributed by atoms with E-state index in [2.05, 4.69) is 20.3 Å². The van der Waals surface area contributed by atoms with Gasteiger partial charge in [0.25, 0.3) is 5.91 Å². The molecule has 1 aliphatic heterocycles. The van der Waals surface area contributed by atoms with Crippen LogP contribution in [-0.2, 0) is 0 Å². The van der Waals surface area contributed by atoms with Gasteiger partial charge in [0.05, 0.1) is 19.3 Å². The van der Waals surface area contributed by atoms with Crippen LogP contribution in [0.3, 0.4) is 0 Å². The number of amides is 1. The van der Waals surface area contributed by atoms with Gasteiger partial charge >= 0.3 is 0 Å². The molecule has 5 rings (SSSR count). The van der Waals surface area contributed by atoms with Crippen LogP contribution in [0.25, 0.3) is 5.65 Å². The Labute approximate surface area is 183 Å². The molecule has 3 aromatic heterocycles. The molecule has 4 aromatic rings. The van der Waals surface area contributed by atoms with Gasteiger partial charge in [-0.05, 0) is 48.7 Å². The molecule has 1 N–H and O–H groups in total. The zero-order valence-corrected chi connectivity index (χ0v) is 17.4. The summed E-state index contributed by atoms with van der Waals surface area (Å²) >= 11 is 0. The summed E-state index contributed by atoms with van der Waals surface area (Å²) in [6.07, 6.45) is 6.82. The summed E-state index contributed by atoms with van der Waals surface area (Å²) in [5.41, 5.74) is 2.24. The van der Waals surface area contributed by atoms with Crippen molar-refractivity contribution in [1.29, 1.82) is 0 Å². The van der Waals surface area contributed by atoms with Gasteiger partial charge in [0.2, 0.25) is 5.88 Å². The largest absolute Gasteiger partial charge is 0.480 e. The zero-order valence-electron chi connectivity index (χ0n) is 17.4. The lowest BCUT2D eigenvalue weighted by Gasteiger charge is -2.26. The maximum absolute atomic E-state index is 13.8. The number of carbonyl (C=O) groups excluding carboxylic acids is 1. The number of nitrogens with zero attached hydrogens (tertiary/aromatic N) is 5. The molecule has 0 aliphatic carbocycles. The van der Waals surface area contributed by atoms with Gasteiger partial charge in [-0.15, -0.1) is 0 Å². The Balaban J connectivity index is 1.46. The minimum Gasteiger partial charge on any atom is -0.480 e. The van der Waals surface area contributed by atoms with E-state index in [1.165, 1.54) is 13.2 Å². The van der Waals surface area contributed by atoms with Crippen molar-refractivity contribution >= 4 is 23.1 Å². The highest BCUT2D eigenvalue weighted by Gasteiger charge is 2.28. The van der Waals surface area contributed by atoms with E-state index in [4.69, 9.17) is 9.72 Å². The van der Waals surface area contributed by atoms with Crippen molar-refractivity contribution in [2.24, 2.45) is 0 Å². The van der Waals surface area contributed by atoms with E-state index in [1.54, 1.807) is 47.4 Å². The van der Waals surface area contributed by atoms with Crippen LogP contribution in [0.15, 0.2) is 61.1 Å². The van der Waals surface area contributed by atoms with E-state index in [0.29, 0.717) is 16.9 Å². The minimum atomic E-state index is -0.365. The molecule has 1 aliphatic rings. The maximum Gasteiger partial charge on any atom is 0.261 e. The first-order valence-electron chi connectivity index (χ1n) is 10.3. The third-order valence-electron chi connectivity index (χ3n) is 5.59. The van der Waals surface area contributed by atoms with Gasteiger partial charge in [-0.1, -0.05) is 12.1 Å². The number of benzene rings is 1. The predicted molar refractivity (Wildman–Crippen MR) is 117 cm³/mol. The normalized spacial score (nSPS) is 15.8. The molecule has 162 valence electrons. The molecule has 0 radical (unpaired) electrons. The van der Waals surface area contributed by atoms with Crippen LogP contribution in [0.4, 0.5) is 15.9 Å². The van der Waals surface area contributed by atoms with Crippen LogP contribution in [0.1, 0.15) is 34.8 Å². The lowest BCUT2D eigenvalue weighted by atomic mass is 10.0. The summed E-state index contributed by atoms with van der Waals surface area (Å²) in [6, 6.07) is 11.9. The molecule has 1 atom stereocenters. The predicted octanol–water partition coefficient (Wildman–Crippen LogP) is 3.87. The van der Waals surface area contributed by atoms with Crippen LogP contribution in [0.5, 0.6) is 5.88 Å². The smallest absolute Gasteiger partial charge is 0.261 e. The Morgan fingerprint density at radius 1 is 1.25 bits per heavy atom. The molecule has 1 amide bonds. The standard InChI is InChI=1S/C23H21FN6O2/c1-32-23-17(7-3-10-25-23)22(31)27-18-14-26-30-12-9-20(28-21(18)30)29-11-4-8-19(29)15-5-2-6-16(24)13-15/h2-3,5-7,9-10,12-14,19H,4,8,11H2,1H3,(H,27,31)/t19-/m1/s1. The van der Waals surface area contributed by atoms with Crippen molar-refractivity contribution in [3.63, 3.8) is 0 Å². The number of carbonyl (C=O) groups is 1. The highest BCUT2D eigenvalue weighted by molar-refractivity contribution is 6.07. The number of fused-ring (bicyclic) bond motifs is 1. The summed E-state index contributed by atoms with van der Waals surface area (Å²) in [5.74, 6) is 0.379. The van der Waals surface area contributed by atoms with E-state index in [1.807, 2.05) is 12.1 Å². The Morgan fingerprint density at radius 3 is 3.00 bits per heavy atom. The van der Waals surface area contributed by atoms with Crippen molar-refractivity contribution < 1.29 is 13.9 Å². The molecule has 1 aromatic carbocycles. The molecule has 4 heterocycles. The topological polar surface area (TPSA) is 84.6 Å². The highest BCUT2D eigenvalue weighted by Crippen LogP contribution is 2.36. The first-order chi connectivity index (χ1) is 15.6. The number of methoxy groups -OCH3 is 1. The van der Waals surface area contributed by atoms with E-state index < -0.39 is 0 Å². The fourth-order valence-corrected chi connectivity index (χ4v) is 4.12. The van der Waals surface area contributed by atoms with Crippen molar-refractivity contribution in [2.45, 2.75) is 18.9 Å². The summed E-state index contributed by atoms with van der Waals surface area (Å²) in [5, 5.41) is 7.14. The molecule has 9 heteroatoms.